The molecule has 14 heavy (non-hydrogen) atoms. The minimum atomic E-state index is -0.880. The highest BCUT2D eigenvalue weighted by Crippen LogP contribution is 2.41. The van der Waals surface area contributed by atoms with Crippen LogP contribution >= 0.6 is 0 Å². The molecule has 1 heterocycles. The number of carboxylic acids is 1. The normalized spacial score (nSPS) is 18.7. The number of hydrogen-bond acceptors (Lipinski definition) is 3. The highest BCUT2D eigenvalue weighted by molar-refractivity contribution is 5.69. The first-order valence-corrected chi connectivity index (χ1v) is 4.35. The second-order valence-corrected chi connectivity index (χ2v) is 3.29. The van der Waals surface area contributed by atoms with E-state index < -0.39 is 5.97 Å². The summed E-state index contributed by atoms with van der Waals surface area (Å²) in [6.07, 6.45) is -0.00935. The van der Waals surface area contributed by atoms with Crippen LogP contribution in [0.4, 0.5) is 0 Å². The minimum absolute atomic E-state index is 0.00935. The number of phenols is 1. The Morgan fingerprint density at radius 1 is 1.57 bits per heavy atom. The molecule has 1 aromatic carbocycles. The first-order chi connectivity index (χ1) is 6.68. The Morgan fingerprint density at radius 3 is 3.07 bits per heavy atom. The van der Waals surface area contributed by atoms with Crippen LogP contribution in [0.1, 0.15) is 17.9 Å². The number of benzene rings is 1. The Kier molecular flexibility index (Phi) is 2.04. The first kappa shape index (κ1) is 8.87. The number of fused-ring (bicyclic) bond motifs is 1. The first-order valence-electron chi connectivity index (χ1n) is 4.35. The summed E-state index contributed by atoms with van der Waals surface area (Å²) in [7, 11) is 0. The third-order valence-corrected chi connectivity index (χ3v) is 2.31. The van der Waals surface area contributed by atoms with Crippen molar-refractivity contribution in [3.63, 3.8) is 0 Å². The number of phenolic OH excluding ortho intramolecular Hbond substituents is 1. The van der Waals surface area contributed by atoms with Gasteiger partial charge in [0.25, 0.3) is 0 Å². The maximum Gasteiger partial charge on any atom is 0.304 e. The van der Waals surface area contributed by atoms with Crippen LogP contribution in [0.5, 0.6) is 11.5 Å². The SMILES string of the molecule is O=C(O)CC1COc2cccc(O)c21. The van der Waals surface area contributed by atoms with Gasteiger partial charge in [-0.1, -0.05) is 6.07 Å². The van der Waals surface area contributed by atoms with E-state index in [-0.39, 0.29) is 18.1 Å². The summed E-state index contributed by atoms with van der Waals surface area (Å²) < 4.78 is 5.27. The third-order valence-electron chi connectivity index (χ3n) is 2.31. The summed E-state index contributed by atoms with van der Waals surface area (Å²) in [4.78, 5) is 10.5. The molecule has 2 rings (SSSR count). The smallest absolute Gasteiger partial charge is 0.304 e. The predicted octanol–water partition coefficient (Wildman–Crippen LogP) is 1.34. The predicted molar refractivity (Wildman–Crippen MR) is 48.6 cm³/mol. The number of rotatable bonds is 2. The monoisotopic (exact) mass is 194 g/mol. The van der Waals surface area contributed by atoms with Gasteiger partial charge in [-0.15, -0.1) is 0 Å². The Balaban J connectivity index is 2.33. The van der Waals surface area contributed by atoms with Crippen molar-refractivity contribution in [1.29, 1.82) is 0 Å². The van der Waals surface area contributed by atoms with Gasteiger partial charge in [0.1, 0.15) is 11.5 Å². The molecule has 2 N–H and O–H groups in total. The molecule has 0 amide bonds. The van der Waals surface area contributed by atoms with Crippen LogP contribution in [0.25, 0.3) is 0 Å². The highest BCUT2D eigenvalue weighted by atomic mass is 16.5. The van der Waals surface area contributed by atoms with Crippen LogP contribution in [-0.2, 0) is 4.79 Å². The maximum absolute atomic E-state index is 10.5. The molecule has 0 fully saturated rings. The fourth-order valence-electron chi connectivity index (χ4n) is 1.71. The van der Waals surface area contributed by atoms with Crippen molar-refractivity contribution in [1.82, 2.24) is 0 Å². The van der Waals surface area contributed by atoms with Gasteiger partial charge in [0.2, 0.25) is 0 Å². The van der Waals surface area contributed by atoms with E-state index in [1.165, 1.54) is 0 Å². The van der Waals surface area contributed by atoms with Gasteiger partial charge in [0, 0.05) is 11.5 Å². The van der Waals surface area contributed by atoms with E-state index in [1.807, 2.05) is 0 Å². The maximum atomic E-state index is 10.5. The average Bonchev–Trinajstić information content (AvgIpc) is 2.49. The van der Waals surface area contributed by atoms with Crippen molar-refractivity contribution in [3.05, 3.63) is 23.8 Å². The molecule has 0 saturated heterocycles. The number of aliphatic carboxylic acids is 1. The molecule has 0 saturated carbocycles. The lowest BCUT2D eigenvalue weighted by atomic mass is 9.97. The largest absolute Gasteiger partial charge is 0.508 e. The van der Waals surface area contributed by atoms with E-state index in [4.69, 9.17) is 9.84 Å². The van der Waals surface area contributed by atoms with Gasteiger partial charge in [-0.05, 0) is 12.1 Å². The van der Waals surface area contributed by atoms with E-state index in [1.54, 1.807) is 18.2 Å². The van der Waals surface area contributed by atoms with Crippen molar-refractivity contribution < 1.29 is 19.7 Å². The number of carboxylic acid groups (broad SMARTS) is 1. The zero-order valence-corrected chi connectivity index (χ0v) is 7.43. The average molecular weight is 194 g/mol. The van der Waals surface area contributed by atoms with Gasteiger partial charge >= 0.3 is 5.97 Å². The van der Waals surface area contributed by atoms with Crippen molar-refractivity contribution >= 4 is 5.97 Å². The van der Waals surface area contributed by atoms with Crippen molar-refractivity contribution in [2.45, 2.75) is 12.3 Å². The van der Waals surface area contributed by atoms with Crippen molar-refractivity contribution in [2.24, 2.45) is 0 Å². The van der Waals surface area contributed by atoms with Gasteiger partial charge in [0.15, 0.2) is 0 Å². The number of carbonyl (C=O) groups is 1. The van der Waals surface area contributed by atoms with E-state index in [0.717, 1.165) is 0 Å². The highest BCUT2D eigenvalue weighted by Gasteiger charge is 2.28. The van der Waals surface area contributed by atoms with Crippen molar-refractivity contribution in [3.8, 4) is 11.5 Å². The molecule has 4 heteroatoms. The van der Waals surface area contributed by atoms with Gasteiger partial charge in [-0.25, -0.2) is 0 Å². The topological polar surface area (TPSA) is 66.8 Å². The molecule has 1 aliphatic rings. The Labute approximate surface area is 80.7 Å². The standard InChI is InChI=1S/C10H10O4/c11-7-2-1-3-8-10(7)6(5-14-8)4-9(12)13/h1-3,6,11H,4-5H2,(H,12,13). The van der Waals surface area contributed by atoms with Crippen LogP contribution < -0.4 is 4.74 Å². The summed E-state index contributed by atoms with van der Waals surface area (Å²) in [6.45, 7) is 0.333. The Bertz CT molecular complexity index is 372. The van der Waals surface area contributed by atoms with Crippen LogP contribution in [0.15, 0.2) is 18.2 Å². The quantitative estimate of drug-likeness (QED) is 0.745. The molecule has 1 atom stereocenters. The molecule has 0 radical (unpaired) electrons. The minimum Gasteiger partial charge on any atom is -0.508 e. The van der Waals surface area contributed by atoms with Gasteiger partial charge in [-0.3, -0.25) is 4.79 Å². The molecule has 0 spiro atoms. The van der Waals surface area contributed by atoms with E-state index >= 15 is 0 Å². The summed E-state index contributed by atoms with van der Waals surface area (Å²) in [5.41, 5.74) is 0.620. The Morgan fingerprint density at radius 2 is 2.36 bits per heavy atom. The molecule has 1 aromatic rings. The van der Waals surface area contributed by atoms with Gasteiger partial charge in [-0.2, -0.15) is 0 Å². The lowest BCUT2D eigenvalue weighted by Crippen LogP contribution is -2.07. The second kappa shape index (κ2) is 3.21. The molecule has 1 unspecified atom stereocenters. The molecule has 0 aromatic heterocycles. The summed E-state index contributed by atoms with van der Waals surface area (Å²) in [5, 5.41) is 18.2. The molecular weight excluding hydrogens is 184 g/mol. The molecule has 0 bridgehead atoms. The fraction of sp³-hybridized carbons (Fsp3) is 0.300. The molecule has 74 valence electrons. The number of hydrogen-bond donors (Lipinski definition) is 2. The van der Waals surface area contributed by atoms with E-state index in [2.05, 4.69) is 0 Å². The molecule has 0 aliphatic carbocycles. The zero-order valence-electron chi connectivity index (χ0n) is 7.43. The van der Waals surface area contributed by atoms with Crippen molar-refractivity contribution in [2.75, 3.05) is 6.61 Å². The van der Waals surface area contributed by atoms with Crippen LogP contribution in [0.3, 0.4) is 0 Å². The molecular formula is C10H10O4. The van der Waals surface area contributed by atoms with Crippen LogP contribution in [0, 0.1) is 0 Å². The van der Waals surface area contributed by atoms with E-state index in [0.29, 0.717) is 17.9 Å². The molecule has 1 aliphatic heterocycles. The van der Waals surface area contributed by atoms with Crippen LogP contribution in [0.2, 0.25) is 0 Å². The summed E-state index contributed by atoms with van der Waals surface area (Å²) in [6, 6.07) is 4.95. The lowest BCUT2D eigenvalue weighted by Gasteiger charge is -2.06. The third kappa shape index (κ3) is 1.39. The lowest BCUT2D eigenvalue weighted by molar-refractivity contribution is -0.137. The summed E-state index contributed by atoms with van der Waals surface area (Å²) >= 11 is 0. The van der Waals surface area contributed by atoms with Crippen LogP contribution in [-0.4, -0.2) is 22.8 Å². The second-order valence-electron chi connectivity index (χ2n) is 3.29. The Hall–Kier alpha value is -1.71. The molecule has 4 nitrogen and oxygen atoms in total. The van der Waals surface area contributed by atoms with Gasteiger partial charge < -0.3 is 14.9 Å². The number of ether oxygens (including phenoxy) is 1. The zero-order chi connectivity index (χ0) is 10.1. The summed E-state index contributed by atoms with van der Waals surface area (Å²) in [5.74, 6) is -0.402. The number of aromatic hydroxyl groups is 1. The fourth-order valence-corrected chi connectivity index (χ4v) is 1.71. The van der Waals surface area contributed by atoms with E-state index in [9.17, 15) is 9.90 Å². The van der Waals surface area contributed by atoms with Gasteiger partial charge in [0.05, 0.1) is 13.0 Å².